The number of hydrogen-bond acceptors (Lipinski definition) is 7. The maximum absolute atomic E-state index is 14.1. The first-order valence-corrected chi connectivity index (χ1v) is 16.2. The van der Waals surface area contributed by atoms with Gasteiger partial charge >= 0.3 is 0 Å². The minimum absolute atomic E-state index is 0.201. The highest BCUT2D eigenvalue weighted by Crippen LogP contribution is 2.40. The maximum atomic E-state index is 14.1. The lowest BCUT2D eigenvalue weighted by Crippen LogP contribution is -2.31. The molecule has 0 bridgehead atoms. The lowest BCUT2D eigenvalue weighted by atomic mass is 9.94. The van der Waals surface area contributed by atoms with Gasteiger partial charge in [0, 0.05) is 17.1 Å². The third-order valence-electron chi connectivity index (χ3n) is 7.76. The number of carbonyl (C=O) groups excluding carboxylic acids is 1. The van der Waals surface area contributed by atoms with Gasteiger partial charge in [0.15, 0.2) is 11.5 Å². The zero-order valence-electron chi connectivity index (χ0n) is 26.4. The highest BCUT2D eigenvalue weighted by Gasteiger charge is 2.35. The van der Waals surface area contributed by atoms with Gasteiger partial charge in [0.25, 0.3) is 5.91 Å². The Bertz CT molecular complexity index is 1660. The number of nitrogens with zero attached hydrogens (tertiary/aromatic N) is 3. The number of unbranched alkanes of at least 4 members (excludes halogenated alkanes) is 1. The van der Waals surface area contributed by atoms with Gasteiger partial charge in [-0.2, -0.15) is 4.98 Å². The molecule has 44 heavy (non-hydrogen) atoms. The van der Waals surface area contributed by atoms with Crippen molar-refractivity contribution in [3.05, 3.63) is 99.8 Å². The summed E-state index contributed by atoms with van der Waals surface area (Å²) in [7, 11) is 0. The molecule has 1 aliphatic rings. The van der Waals surface area contributed by atoms with Crippen molar-refractivity contribution >= 4 is 29.3 Å². The van der Waals surface area contributed by atoms with Crippen molar-refractivity contribution in [2.45, 2.75) is 72.2 Å². The molecule has 3 aromatic carbocycles. The lowest BCUT2D eigenvalue weighted by molar-refractivity contribution is -0.113. The number of fused-ring (bicyclic) bond motifs is 1. The van der Waals surface area contributed by atoms with Crippen molar-refractivity contribution in [2.75, 3.05) is 23.0 Å². The molecule has 5 rings (SSSR count). The second kappa shape index (κ2) is 14.0. The summed E-state index contributed by atoms with van der Waals surface area (Å²) in [5, 5.41) is 12.1. The van der Waals surface area contributed by atoms with Crippen LogP contribution in [0.2, 0.25) is 0 Å². The number of aromatic nitrogens is 3. The van der Waals surface area contributed by atoms with E-state index in [9.17, 15) is 4.79 Å². The minimum Gasteiger partial charge on any atom is -0.490 e. The molecule has 8 nitrogen and oxygen atoms in total. The number of hydrogen-bond donors (Lipinski definition) is 2. The van der Waals surface area contributed by atoms with E-state index in [0.29, 0.717) is 41.4 Å². The Morgan fingerprint density at radius 3 is 2.55 bits per heavy atom. The highest BCUT2D eigenvalue weighted by molar-refractivity contribution is 7.99. The molecule has 1 unspecified atom stereocenters. The van der Waals surface area contributed by atoms with Crippen LogP contribution in [-0.4, -0.2) is 33.0 Å². The van der Waals surface area contributed by atoms with Gasteiger partial charge in [0.05, 0.1) is 12.2 Å². The van der Waals surface area contributed by atoms with Crippen molar-refractivity contribution < 1.29 is 14.3 Å². The van der Waals surface area contributed by atoms with Gasteiger partial charge in [-0.25, -0.2) is 4.68 Å². The van der Waals surface area contributed by atoms with E-state index in [1.165, 1.54) is 5.56 Å². The molecule has 1 atom stereocenters. The smallest absolute Gasteiger partial charge is 0.255 e. The number of thioether (sulfide) groups is 1. The van der Waals surface area contributed by atoms with E-state index in [1.54, 1.807) is 11.8 Å². The average Bonchev–Trinajstić information content (AvgIpc) is 3.41. The third-order valence-corrected chi connectivity index (χ3v) is 8.68. The number of rotatable bonds is 12. The normalized spacial score (nSPS) is 14.2. The van der Waals surface area contributed by atoms with Gasteiger partial charge in [-0.3, -0.25) is 4.79 Å². The molecule has 0 saturated carbocycles. The molecule has 230 valence electrons. The van der Waals surface area contributed by atoms with Gasteiger partial charge in [-0.1, -0.05) is 73.1 Å². The molecule has 0 spiro atoms. The molecule has 0 fully saturated rings. The first kappa shape index (κ1) is 31.2. The third kappa shape index (κ3) is 6.94. The predicted molar refractivity (Wildman–Crippen MR) is 178 cm³/mol. The Hall–Kier alpha value is -4.24. The van der Waals surface area contributed by atoms with Crippen LogP contribution in [0.15, 0.2) is 77.1 Å². The van der Waals surface area contributed by atoms with Gasteiger partial charge < -0.3 is 20.1 Å². The number of carbonyl (C=O) groups is 1. The van der Waals surface area contributed by atoms with E-state index in [2.05, 4.69) is 48.7 Å². The van der Waals surface area contributed by atoms with Crippen LogP contribution in [0, 0.1) is 20.8 Å². The summed E-state index contributed by atoms with van der Waals surface area (Å²) in [6.45, 7) is 13.0. The molecule has 1 aliphatic heterocycles. The second-order valence-electron chi connectivity index (χ2n) is 11.0. The number of ether oxygens (including phenoxy) is 2. The Morgan fingerprint density at radius 2 is 1.80 bits per heavy atom. The molecule has 4 aromatic rings. The van der Waals surface area contributed by atoms with E-state index < -0.39 is 6.04 Å². The minimum atomic E-state index is -0.533. The quantitative estimate of drug-likeness (QED) is 0.124. The zero-order chi connectivity index (χ0) is 31.2. The molecule has 2 N–H and O–H groups in total. The largest absolute Gasteiger partial charge is 0.490 e. The fourth-order valence-corrected chi connectivity index (χ4v) is 6.02. The van der Waals surface area contributed by atoms with Crippen molar-refractivity contribution in [2.24, 2.45) is 0 Å². The fraction of sp³-hybridized carbons (Fsp3) is 0.343. The molecule has 2 heterocycles. The summed E-state index contributed by atoms with van der Waals surface area (Å²) in [6.07, 6.45) is 2.18. The van der Waals surface area contributed by atoms with Gasteiger partial charge in [-0.15, -0.1) is 5.10 Å². The van der Waals surface area contributed by atoms with Crippen LogP contribution in [0.3, 0.4) is 0 Å². The molecule has 1 amide bonds. The topological polar surface area (TPSA) is 90.3 Å². The van der Waals surface area contributed by atoms with E-state index in [-0.39, 0.29) is 5.91 Å². The van der Waals surface area contributed by atoms with Crippen molar-refractivity contribution in [3.63, 3.8) is 0 Å². The molecule has 1 aromatic heterocycles. The van der Waals surface area contributed by atoms with Crippen LogP contribution in [-0.2, 0) is 11.4 Å². The summed E-state index contributed by atoms with van der Waals surface area (Å²) in [5.74, 6) is 2.59. The second-order valence-corrected chi connectivity index (χ2v) is 12.1. The van der Waals surface area contributed by atoms with Crippen molar-refractivity contribution in [3.8, 4) is 11.5 Å². The molecule has 0 radical (unpaired) electrons. The monoisotopic (exact) mass is 611 g/mol. The number of amides is 1. The molecular formula is C35H41N5O3S. The van der Waals surface area contributed by atoms with Crippen LogP contribution in [0.25, 0.3) is 0 Å². The number of aryl methyl sites for hydroxylation is 2. The Labute approximate surface area is 264 Å². The first-order chi connectivity index (χ1) is 21.3. The van der Waals surface area contributed by atoms with Crippen LogP contribution in [0.4, 0.5) is 11.6 Å². The molecular weight excluding hydrogens is 570 g/mol. The fourth-order valence-electron chi connectivity index (χ4n) is 5.11. The summed E-state index contributed by atoms with van der Waals surface area (Å²) in [4.78, 5) is 18.9. The molecule has 9 heteroatoms. The van der Waals surface area contributed by atoms with Gasteiger partial charge in [0.2, 0.25) is 11.1 Å². The van der Waals surface area contributed by atoms with Crippen molar-refractivity contribution in [1.29, 1.82) is 0 Å². The summed E-state index contributed by atoms with van der Waals surface area (Å²) >= 11 is 1.63. The lowest BCUT2D eigenvalue weighted by Gasteiger charge is -2.29. The highest BCUT2D eigenvalue weighted by atomic mass is 32.2. The van der Waals surface area contributed by atoms with Crippen LogP contribution in [0.1, 0.15) is 67.5 Å². The van der Waals surface area contributed by atoms with E-state index in [4.69, 9.17) is 19.6 Å². The van der Waals surface area contributed by atoms with Gasteiger partial charge in [0.1, 0.15) is 12.6 Å². The number of allylic oxidation sites excluding steroid dienone is 1. The van der Waals surface area contributed by atoms with E-state index in [0.717, 1.165) is 52.2 Å². The number of anilines is 2. The summed E-state index contributed by atoms with van der Waals surface area (Å²) in [5.41, 5.74) is 7.33. The van der Waals surface area contributed by atoms with E-state index >= 15 is 0 Å². The Morgan fingerprint density at radius 1 is 1.00 bits per heavy atom. The van der Waals surface area contributed by atoms with Crippen molar-refractivity contribution in [1.82, 2.24) is 14.8 Å². The Kier molecular flexibility index (Phi) is 9.95. The molecule has 0 saturated heterocycles. The Balaban J connectivity index is 1.52. The van der Waals surface area contributed by atoms with Gasteiger partial charge in [-0.05, 0) is 81.5 Å². The zero-order valence-corrected chi connectivity index (χ0v) is 27.2. The standard InChI is InChI=1S/C35H41N5O3S/c1-7-9-19-44-35-38-34-36-25(6)31(33(41)37-28-12-10-11-23(4)24(28)5)32(40(34)39-35)27-17-18-29(30(20-27)42-8-2)43-21-26-15-13-22(3)14-16-26/h10-18,20,32H,7-9,19,21H2,1-6H3,(H,37,41)(H,36,38,39). The average molecular weight is 612 g/mol. The maximum Gasteiger partial charge on any atom is 0.255 e. The first-order valence-electron chi connectivity index (χ1n) is 15.2. The van der Waals surface area contributed by atoms with Crippen LogP contribution in [0.5, 0.6) is 11.5 Å². The van der Waals surface area contributed by atoms with E-state index in [1.807, 2.05) is 68.8 Å². The van der Waals surface area contributed by atoms with Crippen LogP contribution < -0.4 is 20.1 Å². The molecule has 0 aliphatic carbocycles. The summed E-state index contributed by atoms with van der Waals surface area (Å²) < 4.78 is 14.1. The number of nitrogens with one attached hydrogen (secondary N) is 2. The predicted octanol–water partition coefficient (Wildman–Crippen LogP) is 8.00. The number of benzene rings is 3. The van der Waals surface area contributed by atoms with Crippen LogP contribution >= 0.6 is 11.8 Å². The summed E-state index contributed by atoms with van der Waals surface area (Å²) in [6, 6.07) is 19.5. The SMILES string of the molecule is CCCCSc1nc2n(n1)C(c1ccc(OCc3ccc(C)cc3)c(OCC)c1)C(C(=O)Nc1cccc(C)c1C)=C(C)N2.